The van der Waals surface area contributed by atoms with Gasteiger partial charge < -0.3 is 29.9 Å². The van der Waals surface area contributed by atoms with Crippen LogP contribution in [-0.4, -0.2) is 69.1 Å². The minimum absolute atomic E-state index is 0.126. The molecule has 0 aromatic rings. The molecule has 0 bridgehead atoms. The number of hydrogen-bond donors (Lipinski definition) is 4. The highest BCUT2D eigenvalue weighted by Crippen LogP contribution is 2.28. The van der Waals surface area contributed by atoms with Gasteiger partial charge in [-0.1, -0.05) is 116 Å². The van der Waals surface area contributed by atoms with Gasteiger partial charge in [-0.3, -0.25) is 0 Å². The van der Waals surface area contributed by atoms with Crippen LogP contribution in [0.3, 0.4) is 0 Å². The lowest BCUT2D eigenvalue weighted by Crippen LogP contribution is -2.31. The van der Waals surface area contributed by atoms with Crippen LogP contribution in [0.1, 0.15) is 174 Å². The fraction of sp³-hybridized carbons (Fsp3) is 0.919. The minimum Gasteiger partial charge on any atom is -0.455 e. The van der Waals surface area contributed by atoms with E-state index in [1.54, 1.807) is 6.08 Å². The maximum absolute atomic E-state index is 11.7. The molecular formula is C37H68O7. The predicted molar refractivity (Wildman–Crippen MR) is 177 cm³/mol. The summed E-state index contributed by atoms with van der Waals surface area (Å²) in [6.45, 7) is 4.08. The molecule has 2 heterocycles. The van der Waals surface area contributed by atoms with E-state index < -0.39 is 18.3 Å². The Bertz CT molecular complexity index is 756. The van der Waals surface area contributed by atoms with Crippen molar-refractivity contribution in [1.82, 2.24) is 0 Å². The Morgan fingerprint density at radius 3 is 1.50 bits per heavy atom. The maximum atomic E-state index is 11.7. The average Bonchev–Trinajstić information content (AvgIpc) is 3.61. The molecule has 0 aromatic heterocycles. The summed E-state index contributed by atoms with van der Waals surface area (Å²) in [5, 5.41) is 41.7. The molecule has 0 radical (unpaired) electrons. The highest BCUT2D eigenvalue weighted by Gasteiger charge is 2.34. The highest BCUT2D eigenvalue weighted by molar-refractivity contribution is 5.90. The zero-order valence-corrected chi connectivity index (χ0v) is 28.3. The van der Waals surface area contributed by atoms with Crippen molar-refractivity contribution in [3.05, 3.63) is 11.6 Å². The number of cyclic esters (lactones) is 1. The van der Waals surface area contributed by atoms with Crippen LogP contribution in [0, 0.1) is 0 Å². The summed E-state index contributed by atoms with van der Waals surface area (Å²) >= 11 is 0. The summed E-state index contributed by atoms with van der Waals surface area (Å²) in [5.74, 6) is -0.308. The van der Waals surface area contributed by atoms with Crippen molar-refractivity contribution in [1.29, 1.82) is 0 Å². The molecule has 2 aliphatic heterocycles. The lowest BCUT2D eigenvalue weighted by atomic mass is 9.99. The molecule has 258 valence electrons. The number of rotatable bonds is 28. The van der Waals surface area contributed by atoms with Gasteiger partial charge in [0.05, 0.1) is 36.6 Å². The highest BCUT2D eigenvalue weighted by atomic mass is 16.5. The average molecular weight is 625 g/mol. The van der Waals surface area contributed by atoms with E-state index >= 15 is 0 Å². The predicted octanol–water partition coefficient (Wildman–Crippen LogP) is 7.84. The van der Waals surface area contributed by atoms with E-state index in [9.17, 15) is 25.2 Å². The quantitative estimate of drug-likeness (QED) is 0.0518. The first-order chi connectivity index (χ1) is 21.3. The van der Waals surface area contributed by atoms with Gasteiger partial charge in [0.15, 0.2) is 0 Å². The Labute approximate surface area is 269 Å². The Balaban J connectivity index is 1.38. The summed E-state index contributed by atoms with van der Waals surface area (Å²) in [6, 6.07) is 0. The largest absolute Gasteiger partial charge is 0.455 e. The lowest BCUT2D eigenvalue weighted by molar-refractivity contribution is -0.139. The zero-order chi connectivity index (χ0) is 32.0. The van der Waals surface area contributed by atoms with Crippen LogP contribution in [0.2, 0.25) is 0 Å². The molecule has 1 unspecified atom stereocenters. The van der Waals surface area contributed by atoms with Crippen LogP contribution in [-0.2, 0) is 14.3 Å². The van der Waals surface area contributed by atoms with E-state index in [4.69, 9.17) is 9.47 Å². The molecule has 0 amide bonds. The molecule has 1 fully saturated rings. The molecule has 0 spiro atoms. The molecule has 7 heteroatoms. The first kappa shape index (κ1) is 39.2. The maximum Gasteiger partial charge on any atom is 0.334 e. The van der Waals surface area contributed by atoms with Gasteiger partial charge in [0.25, 0.3) is 0 Å². The zero-order valence-electron chi connectivity index (χ0n) is 28.3. The number of carbonyl (C=O) groups is 1. The normalized spacial score (nSPS) is 23.0. The van der Waals surface area contributed by atoms with Crippen molar-refractivity contribution in [2.45, 2.75) is 217 Å². The van der Waals surface area contributed by atoms with Crippen molar-refractivity contribution in [3.63, 3.8) is 0 Å². The summed E-state index contributed by atoms with van der Waals surface area (Å²) in [6.07, 6.45) is 25.3. The standard InChI is InChI=1S/C37H68O7/c1-3-4-5-6-7-8-9-10-11-18-23-33(40)35-25-26-36(44-35)34(41)24-19-13-12-15-20-31(38)21-16-14-17-22-32(39)28-30-27-29(2)43-37(30)42/h27,29,31-36,38-41H,3-26,28H2,1-2H3/t29-,31?,32+,33+,34-,35+,36-/m0/s1. The minimum atomic E-state index is -0.519. The fourth-order valence-electron chi connectivity index (χ4n) is 6.77. The van der Waals surface area contributed by atoms with Gasteiger partial charge in [-0.25, -0.2) is 4.79 Å². The molecular weight excluding hydrogens is 556 g/mol. The lowest BCUT2D eigenvalue weighted by Gasteiger charge is -2.22. The first-order valence-electron chi connectivity index (χ1n) is 18.6. The van der Waals surface area contributed by atoms with Crippen molar-refractivity contribution in [3.8, 4) is 0 Å². The van der Waals surface area contributed by atoms with Crippen LogP contribution in [0.4, 0.5) is 0 Å². The third-order valence-electron chi connectivity index (χ3n) is 9.61. The number of carbonyl (C=O) groups excluding carboxylic acids is 1. The van der Waals surface area contributed by atoms with Gasteiger partial charge in [-0.15, -0.1) is 0 Å². The van der Waals surface area contributed by atoms with E-state index in [-0.39, 0.29) is 30.4 Å². The second-order valence-electron chi connectivity index (χ2n) is 13.8. The number of unbranched alkanes of at least 4 members (excludes halogenated alkanes) is 14. The Morgan fingerprint density at radius 1 is 0.636 bits per heavy atom. The molecule has 7 atom stereocenters. The summed E-state index contributed by atoms with van der Waals surface area (Å²) in [5.41, 5.74) is 0.584. The summed E-state index contributed by atoms with van der Waals surface area (Å²) in [4.78, 5) is 11.7. The van der Waals surface area contributed by atoms with Gasteiger partial charge in [0, 0.05) is 12.0 Å². The van der Waals surface area contributed by atoms with Crippen LogP contribution in [0.5, 0.6) is 0 Å². The van der Waals surface area contributed by atoms with Crippen LogP contribution >= 0.6 is 0 Å². The molecule has 2 rings (SSSR count). The van der Waals surface area contributed by atoms with Crippen molar-refractivity contribution >= 4 is 5.97 Å². The Morgan fingerprint density at radius 2 is 1.05 bits per heavy atom. The number of esters is 1. The van der Waals surface area contributed by atoms with Gasteiger partial charge in [-0.05, 0) is 57.9 Å². The molecule has 0 aliphatic carbocycles. The molecule has 0 aromatic carbocycles. The molecule has 2 aliphatic rings. The summed E-state index contributed by atoms with van der Waals surface area (Å²) < 4.78 is 11.1. The van der Waals surface area contributed by atoms with Crippen molar-refractivity contribution < 1.29 is 34.7 Å². The van der Waals surface area contributed by atoms with Crippen molar-refractivity contribution in [2.24, 2.45) is 0 Å². The molecule has 44 heavy (non-hydrogen) atoms. The van der Waals surface area contributed by atoms with E-state index in [2.05, 4.69) is 6.92 Å². The first-order valence-corrected chi connectivity index (χ1v) is 18.6. The van der Waals surface area contributed by atoms with Crippen LogP contribution in [0.25, 0.3) is 0 Å². The second-order valence-corrected chi connectivity index (χ2v) is 13.8. The van der Waals surface area contributed by atoms with Gasteiger partial charge in [0.1, 0.15) is 6.10 Å². The Kier molecular flexibility index (Phi) is 21.6. The fourth-order valence-corrected chi connectivity index (χ4v) is 6.77. The van der Waals surface area contributed by atoms with Gasteiger partial charge >= 0.3 is 5.97 Å². The number of ether oxygens (including phenoxy) is 2. The van der Waals surface area contributed by atoms with E-state index in [1.807, 2.05) is 6.92 Å². The summed E-state index contributed by atoms with van der Waals surface area (Å²) in [7, 11) is 0. The third kappa shape index (κ3) is 17.6. The van der Waals surface area contributed by atoms with Crippen molar-refractivity contribution in [2.75, 3.05) is 0 Å². The molecule has 0 saturated carbocycles. The van der Waals surface area contributed by atoms with Crippen LogP contribution < -0.4 is 0 Å². The molecule has 1 saturated heterocycles. The number of hydrogen-bond acceptors (Lipinski definition) is 7. The van der Waals surface area contributed by atoms with E-state index in [0.717, 1.165) is 89.9 Å². The van der Waals surface area contributed by atoms with E-state index in [0.29, 0.717) is 18.4 Å². The Hall–Kier alpha value is -0.990. The van der Waals surface area contributed by atoms with Crippen LogP contribution in [0.15, 0.2) is 11.6 Å². The molecule has 7 nitrogen and oxygen atoms in total. The number of aliphatic hydroxyl groups excluding tert-OH is 4. The third-order valence-corrected chi connectivity index (χ3v) is 9.61. The number of aliphatic hydroxyl groups is 4. The smallest absolute Gasteiger partial charge is 0.334 e. The molecule has 4 N–H and O–H groups in total. The second kappa shape index (κ2) is 24.2. The topological polar surface area (TPSA) is 116 Å². The van der Waals surface area contributed by atoms with E-state index in [1.165, 1.54) is 57.8 Å². The monoisotopic (exact) mass is 624 g/mol. The van der Waals surface area contributed by atoms with Gasteiger partial charge in [-0.2, -0.15) is 0 Å². The SMILES string of the molecule is CCCCCCCCCCCC[C@@H](O)[C@H]1CC[C@@H]([C@@H](O)CCCCCCC(O)CCCCC[C@@H](O)CC2=C[C@H](C)OC2=O)O1. The van der Waals surface area contributed by atoms with Gasteiger partial charge in [0.2, 0.25) is 0 Å².